The number of nitrogens with zero attached hydrogens (tertiary/aromatic N) is 2. The fraction of sp³-hybridized carbons (Fsp3) is 0.550. The van der Waals surface area contributed by atoms with E-state index >= 15 is 0 Å². The Labute approximate surface area is 159 Å². The van der Waals surface area contributed by atoms with Crippen molar-refractivity contribution in [1.29, 1.82) is 0 Å². The fourth-order valence-electron chi connectivity index (χ4n) is 3.50. The van der Waals surface area contributed by atoms with Crippen molar-refractivity contribution in [3.05, 3.63) is 29.8 Å². The summed E-state index contributed by atoms with van der Waals surface area (Å²) in [5, 5.41) is 11.0. The Bertz CT molecular complexity index is 728. The molecule has 6 heteroatoms. The summed E-state index contributed by atoms with van der Waals surface area (Å²) in [7, 11) is 0. The zero-order valence-corrected chi connectivity index (χ0v) is 16.6. The molecule has 3 atom stereocenters. The van der Waals surface area contributed by atoms with Crippen molar-refractivity contribution in [3.8, 4) is 11.4 Å². The van der Waals surface area contributed by atoms with Crippen molar-refractivity contribution >= 4 is 17.7 Å². The SMILES string of the molecule is CCc1ccc(-c2nc(SCC(=O)NC3CCCC(C)C3C)n[nH]2)cc1. The monoisotopic (exact) mass is 372 g/mol. The number of rotatable bonds is 6. The van der Waals surface area contributed by atoms with Crippen LogP contribution < -0.4 is 5.32 Å². The maximum atomic E-state index is 12.3. The summed E-state index contributed by atoms with van der Waals surface area (Å²) in [6.07, 6.45) is 4.57. The highest BCUT2D eigenvalue weighted by Crippen LogP contribution is 2.29. The van der Waals surface area contributed by atoms with E-state index in [0.717, 1.165) is 24.2 Å². The van der Waals surface area contributed by atoms with E-state index in [-0.39, 0.29) is 5.91 Å². The summed E-state index contributed by atoms with van der Waals surface area (Å²) in [4.78, 5) is 16.8. The van der Waals surface area contributed by atoms with E-state index in [1.165, 1.54) is 30.2 Å². The van der Waals surface area contributed by atoms with Crippen LogP contribution in [-0.2, 0) is 11.2 Å². The third-order valence-corrected chi connectivity index (χ3v) is 6.33. The second kappa shape index (κ2) is 8.71. The molecule has 1 aliphatic carbocycles. The topological polar surface area (TPSA) is 70.7 Å². The van der Waals surface area contributed by atoms with Crippen LogP contribution in [0.4, 0.5) is 0 Å². The predicted octanol–water partition coefficient (Wildman–Crippen LogP) is 4.07. The number of aromatic nitrogens is 3. The van der Waals surface area contributed by atoms with Crippen LogP contribution in [0.25, 0.3) is 11.4 Å². The van der Waals surface area contributed by atoms with Crippen molar-refractivity contribution in [2.24, 2.45) is 11.8 Å². The Balaban J connectivity index is 1.51. The van der Waals surface area contributed by atoms with Crippen LogP contribution >= 0.6 is 11.8 Å². The molecule has 1 fully saturated rings. The smallest absolute Gasteiger partial charge is 0.230 e. The van der Waals surface area contributed by atoms with Gasteiger partial charge in [0.05, 0.1) is 5.75 Å². The van der Waals surface area contributed by atoms with Crippen molar-refractivity contribution < 1.29 is 4.79 Å². The van der Waals surface area contributed by atoms with E-state index in [4.69, 9.17) is 0 Å². The normalized spacial score (nSPS) is 23.0. The number of carbonyl (C=O) groups excluding carboxylic acids is 1. The third kappa shape index (κ3) is 4.67. The van der Waals surface area contributed by atoms with Crippen LogP contribution in [0.1, 0.15) is 45.6 Å². The van der Waals surface area contributed by atoms with Crippen LogP contribution in [0.2, 0.25) is 0 Å². The first-order valence-corrected chi connectivity index (χ1v) is 10.5. The van der Waals surface area contributed by atoms with Crippen LogP contribution in [-0.4, -0.2) is 32.9 Å². The Morgan fingerprint density at radius 2 is 2.04 bits per heavy atom. The molecular formula is C20H28N4OS. The summed E-state index contributed by atoms with van der Waals surface area (Å²) < 4.78 is 0. The second-order valence-electron chi connectivity index (χ2n) is 7.25. The number of H-pyrrole nitrogens is 1. The first-order valence-electron chi connectivity index (χ1n) is 9.50. The highest BCUT2D eigenvalue weighted by molar-refractivity contribution is 7.99. The van der Waals surface area contributed by atoms with Gasteiger partial charge in [0.1, 0.15) is 0 Å². The molecule has 1 amide bonds. The number of aryl methyl sites for hydroxylation is 1. The average Bonchev–Trinajstić information content (AvgIpc) is 3.13. The van der Waals surface area contributed by atoms with Crippen molar-refractivity contribution in [2.75, 3.05) is 5.75 Å². The molecular weight excluding hydrogens is 344 g/mol. The lowest BCUT2D eigenvalue weighted by Gasteiger charge is -2.34. The molecule has 1 aromatic carbocycles. The molecule has 5 nitrogen and oxygen atoms in total. The first kappa shape index (κ1) is 19.0. The molecule has 0 aliphatic heterocycles. The van der Waals surface area contributed by atoms with E-state index in [0.29, 0.717) is 28.8 Å². The van der Waals surface area contributed by atoms with Crippen molar-refractivity contribution in [3.63, 3.8) is 0 Å². The molecule has 2 N–H and O–H groups in total. The van der Waals surface area contributed by atoms with Gasteiger partial charge in [0.25, 0.3) is 0 Å². The fourth-order valence-corrected chi connectivity index (χ4v) is 4.11. The standard InChI is InChI=1S/C20H28N4OS/c1-4-15-8-10-16(11-9-15)19-22-20(24-23-19)26-12-18(25)21-17-7-5-6-13(2)14(17)3/h8-11,13-14,17H,4-7,12H2,1-3H3,(H,21,25)(H,22,23,24). The molecule has 140 valence electrons. The molecule has 0 bridgehead atoms. The number of carbonyl (C=O) groups is 1. The van der Waals surface area contributed by atoms with Gasteiger partial charge in [-0.1, -0.05) is 69.6 Å². The molecule has 26 heavy (non-hydrogen) atoms. The quantitative estimate of drug-likeness (QED) is 0.750. The second-order valence-corrected chi connectivity index (χ2v) is 8.19. The van der Waals surface area contributed by atoms with Gasteiger partial charge in [0, 0.05) is 11.6 Å². The molecule has 1 aliphatic rings. The van der Waals surface area contributed by atoms with Crippen molar-refractivity contribution in [2.45, 2.75) is 57.7 Å². The largest absolute Gasteiger partial charge is 0.352 e. The molecule has 1 saturated carbocycles. The number of aromatic amines is 1. The number of thioether (sulfide) groups is 1. The molecule has 0 spiro atoms. The molecule has 2 aromatic rings. The first-order chi connectivity index (χ1) is 12.6. The van der Waals surface area contributed by atoms with Gasteiger partial charge in [-0.2, -0.15) is 0 Å². The Morgan fingerprint density at radius 1 is 1.27 bits per heavy atom. The Morgan fingerprint density at radius 3 is 2.77 bits per heavy atom. The molecule has 3 rings (SSSR count). The number of nitrogens with one attached hydrogen (secondary N) is 2. The minimum atomic E-state index is 0.0691. The van der Waals surface area contributed by atoms with Gasteiger partial charge in [0.15, 0.2) is 5.82 Å². The minimum absolute atomic E-state index is 0.0691. The lowest BCUT2D eigenvalue weighted by Crippen LogP contribution is -2.44. The van der Waals surface area contributed by atoms with Gasteiger partial charge in [0.2, 0.25) is 11.1 Å². The van der Waals surface area contributed by atoms with Crippen LogP contribution in [0.5, 0.6) is 0 Å². The number of hydrogen-bond acceptors (Lipinski definition) is 4. The highest BCUT2D eigenvalue weighted by atomic mass is 32.2. The Kier molecular flexibility index (Phi) is 6.35. The van der Waals surface area contributed by atoms with Gasteiger partial charge in [-0.3, -0.25) is 9.89 Å². The van der Waals surface area contributed by atoms with E-state index in [1.807, 2.05) is 12.1 Å². The predicted molar refractivity (Wildman–Crippen MR) is 106 cm³/mol. The van der Waals surface area contributed by atoms with E-state index in [9.17, 15) is 4.79 Å². The van der Waals surface area contributed by atoms with Gasteiger partial charge >= 0.3 is 0 Å². The van der Waals surface area contributed by atoms with Crippen LogP contribution in [0.15, 0.2) is 29.4 Å². The maximum Gasteiger partial charge on any atom is 0.230 e. The Hall–Kier alpha value is -1.82. The molecule has 1 heterocycles. The number of hydrogen-bond donors (Lipinski definition) is 2. The molecule has 0 saturated heterocycles. The summed E-state index contributed by atoms with van der Waals surface area (Å²) >= 11 is 1.38. The highest BCUT2D eigenvalue weighted by Gasteiger charge is 2.28. The zero-order chi connectivity index (χ0) is 18.5. The van der Waals surface area contributed by atoms with Crippen molar-refractivity contribution in [1.82, 2.24) is 20.5 Å². The minimum Gasteiger partial charge on any atom is -0.352 e. The molecule has 0 radical (unpaired) electrons. The summed E-state index contributed by atoms with van der Waals surface area (Å²) in [5.74, 6) is 2.38. The lowest BCUT2D eigenvalue weighted by atomic mass is 9.78. The molecule has 1 aromatic heterocycles. The van der Waals surface area contributed by atoms with E-state index in [2.05, 4.69) is 53.4 Å². The molecule has 3 unspecified atom stereocenters. The van der Waals surface area contributed by atoms with Gasteiger partial charge < -0.3 is 5.32 Å². The number of amides is 1. The van der Waals surface area contributed by atoms with Crippen LogP contribution in [0.3, 0.4) is 0 Å². The summed E-state index contributed by atoms with van der Waals surface area (Å²) in [5.41, 5.74) is 2.31. The van der Waals surface area contributed by atoms with Crippen LogP contribution in [0, 0.1) is 11.8 Å². The van der Waals surface area contributed by atoms with Gasteiger partial charge in [-0.05, 0) is 30.2 Å². The maximum absolute atomic E-state index is 12.3. The van der Waals surface area contributed by atoms with Gasteiger partial charge in [-0.15, -0.1) is 5.10 Å². The van der Waals surface area contributed by atoms with E-state index in [1.54, 1.807) is 0 Å². The summed E-state index contributed by atoms with van der Waals surface area (Å²) in [6.45, 7) is 6.66. The van der Waals surface area contributed by atoms with E-state index < -0.39 is 0 Å². The number of benzene rings is 1. The third-order valence-electron chi connectivity index (χ3n) is 5.49. The zero-order valence-electron chi connectivity index (χ0n) is 15.8. The lowest BCUT2D eigenvalue weighted by molar-refractivity contribution is -0.120. The summed E-state index contributed by atoms with van der Waals surface area (Å²) in [6, 6.07) is 8.60. The average molecular weight is 373 g/mol. The van der Waals surface area contributed by atoms with Gasteiger partial charge in [-0.25, -0.2) is 4.98 Å².